The fraction of sp³-hybridized carbons (Fsp3) is 0.444. The van der Waals surface area contributed by atoms with Crippen molar-refractivity contribution in [2.45, 2.75) is 47.0 Å². The highest BCUT2D eigenvalue weighted by Gasteiger charge is 2.20. The Kier molecular flexibility index (Phi) is 4.87. The lowest BCUT2D eigenvalue weighted by molar-refractivity contribution is 0.303. The summed E-state index contributed by atoms with van der Waals surface area (Å²) in [5, 5.41) is 13.3. The molecule has 0 fully saturated rings. The fourth-order valence-electron chi connectivity index (χ4n) is 2.64. The predicted octanol–water partition coefficient (Wildman–Crippen LogP) is 4.29. The van der Waals surface area contributed by atoms with Crippen LogP contribution in [0.15, 0.2) is 16.7 Å². The highest BCUT2D eigenvalue weighted by atomic mass is 16.5. The largest absolute Gasteiger partial charge is 0.493 e. The first-order valence-corrected chi connectivity index (χ1v) is 7.47. The van der Waals surface area contributed by atoms with Crippen molar-refractivity contribution in [2.75, 3.05) is 6.61 Å². The van der Waals surface area contributed by atoms with Crippen LogP contribution >= 0.6 is 0 Å². The standard InChI is InChI=1S/C18H22N2O2/c1-11-8-13(3)17(9-12(11)2)21-7-6-16(10-19)18-14(4)20-22-15(18)5/h8-9,16H,6-7H2,1-5H3. The second-order valence-electron chi connectivity index (χ2n) is 5.76. The number of aryl methyl sites for hydroxylation is 5. The van der Waals surface area contributed by atoms with Crippen LogP contribution in [-0.2, 0) is 0 Å². The van der Waals surface area contributed by atoms with Gasteiger partial charge in [-0.2, -0.15) is 5.26 Å². The molecule has 4 nitrogen and oxygen atoms in total. The molecule has 0 N–H and O–H groups in total. The van der Waals surface area contributed by atoms with E-state index in [9.17, 15) is 5.26 Å². The van der Waals surface area contributed by atoms with Crippen molar-refractivity contribution in [3.8, 4) is 11.8 Å². The Hall–Kier alpha value is -2.28. The van der Waals surface area contributed by atoms with E-state index in [-0.39, 0.29) is 5.92 Å². The molecule has 1 aromatic heterocycles. The van der Waals surface area contributed by atoms with E-state index in [1.165, 1.54) is 11.1 Å². The minimum Gasteiger partial charge on any atom is -0.493 e. The Morgan fingerprint density at radius 3 is 2.41 bits per heavy atom. The van der Waals surface area contributed by atoms with E-state index in [0.29, 0.717) is 18.8 Å². The third kappa shape index (κ3) is 3.30. The summed E-state index contributed by atoms with van der Waals surface area (Å²) in [6.07, 6.45) is 0.617. The summed E-state index contributed by atoms with van der Waals surface area (Å²) in [5.74, 6) is 1.35. The number of hydrogen-bond acceptors (Lipinski definition) is 4. The fourth-order valence-corrected chi connectivity index (χ4v) is 2.64. The molecule has 0 aliphatic carbocycles. The average Bonchev–Trinajstić information content (AvgIpc) is 2.80. The van der Waals surface area contributed by atoms with E-state index in [4.69, 9.17) is 9.26 Å². The van der Waals surface area contributed by atoms with Gasteiger partial charge in [0.15, 0.2) is 0 Å². The minimum absolute atomic E-state index is 0.252. The number of benzene rings is 1. The molecule has 2 aromatic rings. The van der Waals surface area contributed by atoms with Crippen molar-refractivity contribution in [3.05, 3.63) is 45.8 Å². The van der Waals surface area contributed by atoms with E-state index >= 15 is 0 Å². The quantitative estimate of drug-likeness (QED) is 0.826. The van der Waals surface area contributed by atoms with Crippen LogP contribution in [-0.4, -0.2) is 11.8 Å². The van der Waals surface area contributed by atoms with Gasteiger partial charge in [-0.15, -0.1) is 0 Å². The van der Waals surface area contributed by atoms with Gasteiger partial charge in [-0.25, -0.2) is 0 Å². The maximum Gasteiger partial charge on any atom is 0.138 e. The molecule has 1 atom stereocenters. The predicted molar refractivity (Wildman–Crippen MR) is 85.1 cm³/mol. The highest BCUT2D eigenvalue weighted by molar-refractivity contribution is 5.41. The summed E-state index contributed by atoms with van der Waals surface area (Å²) in [7, 11) is 0. The van der Waals surface area contributed by atoms with E-state index < -0.39 is 0 Å². The van der Waals surface area contributed by atoms with Crippen molar-refractivity contribution in [1.82, 2.24) is 5.16 Å². The lowest BCUT2D eigenvalue weighted by Gasteiger charge is -2.13. The molecule has 4 heteroatoms. The third-order valence-corrected chi connectivity index (χ3v) is 4.05. The van der Waals surface area contributed by atoms with E-state index in [2.05, 4.69) is 37.2 Å². The summed E-state index contributed by atoms with van der Waals surface area (Å²) in [6.45, 7) is 10.4. The molecule has 0 radical (unpaired) electrons. The molecule has 0 amide bonds. The SMILES string of the molecule is Cc1cc(C)c(OCCC(C#N)c2c(C)noc2C)cc1C. The van der Waals surface area contributed by atoms with Gasteiger partial charge in [0.1, 0.15) is 11.5 Å². The van der Waals surface area contributed by atoms with Crippen molar-refractivity contribution in [1.29, 1.82) is 5.26 Å². The first-order valence-electron chi connectivity index (χ1n) is 7.47. The van der Waals surface area contributed by atoms with Gasteiger partial charge < -0.3 is 9.26 Å². The van der Waals surface area contributed by atoms with E-state index in [0.717, 1.165) is 22.6 Å². The molecule has 1 unspecified atom stereocenters. The van der Waals surface area contributed by atoms with Crippen LogP contribution in [0.25, 0.3) is 0 Å². The van der Waals surface area contributed by atoms with Crippen molar-refractivity contribution in [3.63, 3.8) is 0 Å². The Morgan fingerprint density at radius 2 is 1.82 bits per heavy atom. The Bertz CT molecular complexity index is 691. The molecule has 116 valence electrons. The summed E-state index contributed by atoms with van der Waals surface area (Å²) in [4.78, 5) is 0. The number of ether oxygens (including phenoxy) is 1. The van der Waals surface area contributed by atoms with Crippen LogP contribution in [0.1, 0.15) is 46.0 Å². The molecule has 22 heavy (non-hydrogen) atoms. The van der Waals surface area contributed by atoms with Crippen LogP contribution in [0.3, 0.4) is 0 Å². The van der Waals surface area contributed by atoms with Gasteiger partial charge in [0.05, 0.1) is 24.3 Å². The van der Waals surface area contributed by atoms with Crippen LogP contribution < -0.4 is 4.74 Å². The van der Waals surface area contributed by atoms with Crippen LogP contribution in [0.5, 0.6) is 5.75 Å². The Labute approximate surface area is 131 Å². The van der Waals surface area contributed by atoms with E-state index in [1.54, 1.807) is 0 Å². The maximum atomic E-state index is 9.40. The molecule has 0 aliphatic heterocycles. The minimum atomic E-state index is -0.252. The smallest absolute Gasteiger partial charge is 0.138 e. The second kappa shape index (κ2) is 6.65. The van der Waals surface area contributed by atoms with Crippen LogP contribution in [0, 0.1) is 45.9 Å². The molecular formula is C18H22N2O2. The van der Waals surface area contributed by atoms with Gasteiger partial charge in [-0.05, 0) is 57.4 Å². The summed E-state index contributed by atoms with van der Waals surface area (Å²) >= 11 is 0. The average molecular weight is 298 g/mol. The lowest BCUT2D eigenvalue weighted by atomic mass is 9.96. The van der Waals surface area contributed by atoms with Crippen LogP contribution in [0.2, 0.25) is 0 Å². The molecular weight excluding hydrogens is 276 g/mol. The molecule has 0 spiro atoms. The zero-order valence-electron chi connectivity index (χ0n) is 13.9. The molecule has 0 saturated carbocycles. The van der Waals surface area contributed by atoms with Gasteiger partial charge in [0.2, 0.25) is 0 Å². The zero-order valence-corrected chi connectivity index (χ0v) is 13.9. The molecule has 0 aliphatic rings. The van der Waals surface area contributed by atoms with Crippen molar-refractivity contribution < 1.29 is 9.26 Å². The normalized spacial score (nSPS) is 12.0. The topological polar surface area (TPSA) is 59.0 Å². The third-order valence-electron chi connectivity index (χ3n) is 4.05. The van der Waals surface area contributed by atoms with Gasteiger partial charge in [0.25, 0.3) is 0 Å². The summed E-state index contributed by atoms with van der Waals surface area (Å²) in [6, 6.07) is 6.51. The number of nitrogens with zero attached hydrogens (tertiary/aromatic N) is 2. The first-order chi connectivity index (χ1) is 10.4. The van der Waals surface area contributed by atoms with Crippen LogP contribution in [0.4, 0.5) is 0 Å². The van der Waals surface area contributed by atoms with Gasteiger partial charge >= 0.3 is 0 Å². The Morgan fingerprint density at radius 1 is 1.14 bits per heavy atom. The number of hydrogen-bond donors (Lipinski definition) is 0. The number of nitriles is 1. The van der Waals surface area contributed by atoms with Gasteiger partial charge in [-0.1, -0.05) is 11.2 Å². The first kappa shape index (κ1) is 16.1. The van der Waals surface area contributed by atoms with Crippen molar-refractivity contribution >= 4 is 0 Å². The second-order valence-corrected chi connectivity index (χ2v) is 5.76. The number of aromatic nitrogens is 1. The Balaban J connectivity index is 2.04. The molecule has 2 rings (SSSR count). The molecule has 0 bridgehead atoms. The van der Waals surface area contributed by atoms with Crippen molar-refractivity contribution in [2.24, 2.45) is 0 Å². The molecule has 1 heterocycles. The number of rotatable bonds is 5. The zero-order chi connectivity index (χ0) is 16.3. The molecule has 1 aromatic carbocycles. The van der Waals surface area contributed by atoms with E-state index in [1.807, 2.05) is 20.8 Å². The van der Waals surface area contributed by atoms with Gasteiger partial charge in [-0.3, -0.25) is 0 Å². The summed E-state index contributed by atoms with van der Waals surface area (Å²) in [5.41, 5.74) is 5.27. The highest BCUT2D eigenvalue weighted by Crippen LogP contribution is 2.27. The molecule has 0 saturated heterocycles. The summed E-state index contributed by atoms with van der Waals surface area (Å²) < 4.78 is 11.0. The maximum absolute atomic E-state index is 9.40. The lowest BCUT2D eigenvalue weighted by Crippen LogP contribution is -2.07. The van der Waals surface area contributed by atoms with Gasteiger partial charge in [0, 0.05) is 12.0 Å². The monoisotopic (exact) mass is 298 g/mol.